The average Bonchev–Trinajstić information content (AvgIpc) is 2.26. The number of anilines is 1. The number of nitrogen functional groups attached to an aromatic ring is 1. The SMILES string of the molecule is CN(CC1CC(O)C1)C(=O)c1ccc(N)cc1Cl. The first-order valence-electron chi connectivity index (χ1n) is 5.96. The highest BCUT2D eigenvalue weighted by molar-refractivity contribution is 6.34. The summed E-state index contributed by atoms with van der Waals surface area (Å²) in [5, 5.41) is 9.60. The fourth-order valence-corrected chi connectivity index (χ4v) is 2.50. The second-order valence-corrected chi connectivity index (χ2v) is 5.32. The Bertz CT molecular complexity index is 458. The normalized spacial score (nSPS) is 22.4. The second-order valence-electron chi connectivity index (χ2n) is 4.92. The highest BCUT2D eigenvalue weighted by Crippen LogP contribution is 2.28. The number of halogens is 1. The molecule has 1 amide bonds. The Morgan fingerprint density at radius 3 is 2.78 bits per heavy atom. The highest BCUT2D eigenvalue weighted by atomic mass is 35.5. The van der Waals surface area contributed by atoms with Gasteiger partial charge in [0.1, 0.15) is 0 Å². The Hall–Kier alpha value is -1.26. The van der Waals surface area contributed by atoms with Crippen molar-refractivity contribution in [1.29, 1.82) is 0 Å². The molecule has 0 radical (unpaired) electrons. The molecule has 0 saturated heterocycles. The predicted molar refractivity (Wildman–Crippen MR) is 71.6 cm³/mol. The molecule has 1 aliphatic carbocycles. The van der Waals surface area contributed by atoms with Crippen molar-refractivity contribution in [3.05, 3.63) is 28.8 Å². The molecule has 5 heteroatoms. The number of rotatable bonds is 3. The molecule has 2 rings (SSSR count). The summed E-state index contributed by atoms with van der Waals surface area (Å²) >= 11 is 6.01. The Balaban J connectivity index is 2.01. The van der Waals surface area contributed by atoms with Gasteiger partial charge in [0.25, 0.3) is 5.91 Å². The van der Waals surface area contributed by atoms with Crippen molar-refractivity contribution in [2.24, 2.45) is 5.92 Å². The Labute approximate surface area is 111 Å². The van der Waals surface area contributed by atoms with E-state index in [1.165, 1.54) is 0 Å². The van der Waals surface area contributed by atoms with Gasteiger partial charge in [-0.1, -0.05) is 11.6 Å². The van der Waals surface area contributed by atoms with Crippen LogP contribution in [0.3, 0.4) is 0 Å². The summed E-state index contributed by atoms with van der Waals surface area (Å²) < 4.78 is 0. The molecule has 0 bridgehead atoms. The summed E-state index contributed by atoms with van der Waals surface area (Å²) in [7, 11) is 1.75. The zero-order valence-corrected chi connectivity index (χ0v) is 11.0. The lowest BCUT2D eigenvalue weighted by molar-refractivity contribution is 0.0265. The lowest BCUT2D eigenvalue weighted by Crippen LogP contribution is -2.39. The third-order valence-electron chi connectivity index (χ3n) is 3.31. The third-order valence-corrected chi connectivity index (χ3v) is 3.63. The molecule has 0 atom stereocenters. The van der Waals surface area contributed by atoms with Crippen molar-refractivity contribution in [2.45, 2.75) is 18.9 Å². The number of hydrogen-bond donors (Lipinski definition) is 2. The number of amides is 1. The van der Waals surface area contributed by atoms with Gasteiger partial charge in [-0.05, 0) is 37.0 Å². The van der Waals surface area contributed by atoms with Gasteiger partial charge in [-0.3, -0.25) is 4.79 Å². The van der Waals surface area contributed by atoms with Crippen molar-refractivity contribution < 1.29 is 9.90 Å². The predicted octanol–water partition coefficient (Wildman–Crippen LogP) is 1.77. The Kier molecular flexibility index (Phi) is 3.78. The average molecular weight is 269 g/mol. The van der Waals surface area contributed by atoms with Gasteiger partial charge in [0.2, 0.25) is 0 Å². The minimum atomic E-state index is -0.196. The van der Waals surface area contributed by atoms with E-state index in [2.05, 4.69) is 0 Å². The molecular formula is C13H17ClN2O2. The topological polar surface area (TPSA) is 66.6 Å². The smallest absolute Gasteiger partial charge is 0.255 e. The van der Waals surface area contributed by atoms with E-state index in [0.717, 1.165) is 12.8 Å². The number of aliphatic hydroxyl groups excluding tert-OH is 1. The Morgan fingerprint density at radius 1 is 1.56 bits per heavy atom. The van der Waals surface area contributed by atoms with E-state index in [1.54, 1.807) is 30.1 Å². The van der Waals surface area contributed by atoms with Crippen molar-refractivity contribution in [2.75, 3.05) is 19.3 Å². The van der Waals surface area contributed by atoms with Crippen LogP contribution in [0.25, 0.3) is 0 Å². The van der Waals surface area contributed by atoms with Crippen molar-refractivity contribution in [3.8, 4) is 0 Å². The van der Waals surface area contributed by atoms with Crippen LogP contribution in [0, 0.1) is 5.92 Å². The van der Waals surface area contributed by atoms with Crippen LogP contribution in [-0.4, -0.2) is 35.6 Å². The molecule has 1 aliphatic rings. The zero-order chi connectivity index (χ0) is 13.3. The van der Waals surface area contributed by atoms with E-state index in [9.17, 15) is 9.90 Å². The van der Waals surface area contributed by atoms with Crippen LogP contribution in [0.4, 0.5) is 5.69 Å². The van der Waals surface area contributed by atoms with Crippen LogP contribution >= 0.6 is 11.6 Å². The summed E-state index contributed by atoms with van der Waals surface area (Å²) in [5.41, 5.74) is 6.60. The monoisotopic (exact) mass is 268 g/mol. The first-order valence-corrected chi connectivity index (χ1v) is 6.33. The largest absolute Gasteiger partial charge is 0.399 e. The molecule has 1 aromatic carbocycles. The Morgan fingerprint density at radius 2 is 2.22 bits per heavy atom. The van der Waals surface area contributed by atoms with E-state index in [0.29, 0.717) is 28.7 Å². The molecular weight excluding hydrogens is 252 g/mol. The maximum atomic E-state index is 12.2. The van der Waals surface area contributed by atoms with Gasteiger partial charge in [0.15, 0.2) is 0 Å². The number of carbonyl (C=O) groups excluding carboxylic acids is 1. The molecule has 1 saturated carbocycles. The van der Waals surface area contributed by atoms with Crippen LogP contribution in [0.1, 0.15) is 23.2 Å². The van der Waals surface area contributed by atoms with Crippen LogP contribution in [0.5, 0.6) is 0 Å². The standard InChI is InChI=1S/C13H17ClN2O2/c1-16(7-8-4-10(17)5-8)13(18)11-3-2-9(15)6-12(11)14/h2-3,6,8,10,17H,4-5,7,15H2,1H3. The molecule has 3 N–H and O–H groups in total. The van der Waals surface area contributed by atoms with Crippen LogP contribution in [0.15, 0.2) is 18.2 Å². The minimum absolute atomic E-state index is 0.110. The molecule has 4 nitrogen and oxygen atoms in total. The molecule has 0 aromatic heterocycles. The fraction of sp³-hybridized carbons (Fsp3) is 0.462. The van der Waals surface area contributed by atoms with Crippen molar-refractivity contribution >= 4 is 23.2 Å². The second kappa shape index (κ2) is 5.16. The first kappa shape index (κ1) is 13.2. The number of aliphatic hydroxyl groups is 1. The first-order chi connectivity index (χ1) is 8.47. The summed E-state index contributed by atoms with van der Waals surface area (Å²) in [6.45, 7) is 0.649. The van der Waals surface area contributed by atoms with Gasteiger partial charge in [0.05, 0.1) is 16.7 Å². The summed E-state index contributed by atoms with van der Waals surface area (Å²) in [6, 6.07) is 4.89. The lowest BCUT2D eigenvalue weighted by atomic mass is 9.82. The van der Waals surface area contributed by atoms with Gasteiger partial charge in [-0.2, -0.15) is 0 Å². The molecule has 18 heavy (non-hydrogen) atoms. The van der Waals surface area contributed by atoms with Gasteiger partial charge < -0.3 is 15.7 Å². The highest BCUT2D eigenvalue weighted by Gasteiger charge is 2.29. The summed E-state index contributed by atoms with van der Waals surface area (Å²) in [6.07, 6.45) is 1.35. The molecule has 1 aromatic rings. The molecule has 0 heterocycles. The number of benzene rings is 1. The molecule has 0 spiro atoms. The fourth-order valence-electron chi connectivity index (χ4n) is 2.23. The van der Waals surface area contributed by atoms with Crippen molar-refractivity contribution in [3.63, 3.8) is 0 Å². The summed E-state index contributed by atoms with van der Waals surface area (Å²) in [4.78, 5) is 13.8. The summed E-state index contributed by atoms with van der Waals surface area (Å²) in [5.74, 6) is 0.280. The van der Waals surface area contributed by atoms with Gasteiger partial charge in [0, 0.05) is 19.3 Å². The zero-order valence-electron chi connectivity index (χ0n) is 10.3. The quantitative estimate of drug-likeness (QED) is 0.821. The van der Waals surface area contributed by atoms with E-state index >= 15 is 0 Å². The van der Waals surface area contributed by atoms with Gasteiger partial charge >= 0.3 is 0 Å². The lowest BCUT2D eigenvalue weighted by Gasteiger charge is -2.34. The van der Waals surface area contributed by atoms with E-state index in [-0.39, 0.29) is 12.0 Å². The van der Waals surface area contributed by atoms with Crippen LogP contribution < -0.4 is 5.73 Å². The molecule has 98 valence electrons. The van der Waals surface area contributed by atoms with Gasteiger partial charge in [-0.25, -0.2) is 0 Å². The number of nitrogens with zero attached hydrogens (tertiary/aromatic N) is 1. The van der Waals surface area contributed by atoms with E-state index in [1.807, 2.05) is 0 Å². The van der Waals surface area contributed by atoms with Gasteiger partial charge in [-0.15, -0.1) is 0 Å². The third kappa shape index (κ3) is 2.76. The number of hydrogen-bond acceptors (Lipinski definition) is 3. The van der Waals surface area contributed by atoms with Crippen molar-refractivity contribution in [1.82, 2.24) is 4.90 Å². The molecule has 1 fully saturated rings. The molecule has 0 aliphatic heterocycles. The minimum Gasteiger partial charge on any atom is -0.399 e. The van der Waals surface area contributed by atoms with E-state index in [4.69, 9.17) is 17.3 Å². The maximum Gasteiger partial charge on any atom is 0.255 e. The number of nitrogens with two attached hydrogens (primary N) is 1. The van der Waals surface area contributed by atoms with E-state index < -0.39 is 0 Å². The maximum absolute atomic E-state index is 12.2. The number of carbonyl (C=O) groups is 1. The van der Waals surface area contributed by atoms with Crippen LogP contribution in [0.2, 0.25) is 5.02 Å². The molecule has 0 unspecified atom stereocenters. The van der Waals surface area contributed by atoms with Crippen LogP contribution in [-0.2, 0) is 0 Å².